The summed E-state index contributed by atoms with van der Waals surface area (Å²) in [7, 11) is 0. The maximum Gasteiger partial charge on any atom is 0.230 e. The van der Waals surface area contributed by atoms with Crippen LogP contribution in [0.4, 0.5) is 10.2 Å². The Balaban J connectivity index is 1.84. The quantitative estimate of drug-likeness (QED) is 0.739. The zero-order chi connectivity index (χ0) is 17.1. The number of halogens is 2. The molecule has 0 aliphatic heterocycles. The fourth-order valence-electron chi connectivity index (χ4n) is 2.51. The molecule has 3 aromatic rings. The summed E-state index contributed by atoms with van der Waals surface area (Å²) in [6, 6.07) is 13.5. The third-order valence-electron chi connectivity index (χ3n) is 3.63. The normalized spacial score (nSPS) is 10.6. The van der Waals surface area contributed by atoms with E-state index in [0.717, 1.165) is 16.8 Å². The van der Waals surface area contributed by atoms with Crippen molar-refractivity contribution in [3.8, 4) is 11.1 Å². The highest BCUT2D eigenvalue weighted by Gasteiger charge is 2.16. The van der Waals surface area contributed by atoms with Crippen LogP contribution in [0, 0.1) is 12.7 Å². The number of H-pyrrole nitrogens is 1. The Morgan fingerprint density at radius 2 is 2.04 bits per heavy atom. The first kappa shape index (κ1) is 16.2. The molecular weight excluding hydrogens is 329 g/mol. The number of rotatable bonds is 4. The molecule has 122 valence electrons. The Morgan fingerprint density at radius 1 is 1.25 bits per heavy atom. The van der Waals surface area contributed by atoms with Gasteiger partial charge in [-0.2, -0.15) is 5.10 Å². The maximum absolute atomic E-state index is 13.7. The molecule has 4 nitrogen and oxygen atoms in total. The average Bonchev–Trinajstić information content (AvgIpc) is 2.90. The van der Waals surface area contributed by atoms with Crippen LogP contribution >= 0.6 is 11.6 Å². The summed E-state index contributed by atoms with van der Waals surface area (Å²) >= 11 is 6.04. The third-order valence-corrected chi connectivity index (χ3v) is 3.86. The fourth-order valence-corrected chi connectivity index (χ4v) is 2.70. The summed E-state index contributed by atoms with van der Waals surface area (Å²) < 4.78 is 13.7. The molecule has 0 fully saturated rings. The number of aromatic amines is 1. The van der Waals surface area contributed by atoms with Crippen molar-refractivity contribution in [2.75, 3.05) is 5.32 Å². The summed E-state index contributed by atoms with van der Waals surface area (Å²) in [6.45, 7) is 1.86. The number of aryl methyl sites for hydroxylation is 1. The fraction of sp³-hybridized carbons (Fsp3) is 0.111. The molecule has 0 spiro atoms. The van der Waals surface area contributed by atoms with Crippen LogP contribution in [-0.2, 0) is 11.2 Å². The van der Waals surface area contributed by atoms with Crippen LogP contribution in [0.3, 0.4) is 0 Å². The van der Waals surface area contributed by atoms with Crippen LogP contribution in [0.25, 0.3) is 11.1 Å². The number of benzene rings is 2. The lowest BCUT2D eigenvalue weighted by molar-refractivity contribution is -0.115. The molecule has 0 aliphatic carbocycles. The van der Waals surface area contributed by atoms with Gasteiger partial charge in [-0.1, -0.05) is 41.9 Å². The lowest BCUT2D eigenvalue weighted by Gasteiger charge is -2.07. The van der Waals surface area contributed by atoms with Crippen LogP contribution in [-0.4, -0.2) is 16.1 Å². The lowest BCUT2D eigenvalue weighted by atomic mass is 10.1. The van der Waals surface area contributed by atoms with Crippen molar-refractivity contribution in [2.24, 2.45) is 0 Å². The average molecular weight is 344 g/mol. The Kier molecular flexibility index (Phi) is 4.62. The van der Waals surface area contributed by atoms with E-state index >= 15 is 0 Å². The number of anilines is 1. The topological polar surface area (TPSA) is 57.8 Å². The van der Waals surface area contributed by atoms with Gasteiger partial charge in [0.2, 0.25) is 5.91 Å². The molecule has 0 unspecified atom stereocenters. The Bertz CT molecular complexity index is 891. The summed E-state index contributed by atoms with van der Waals surface area (Å²) in [4.78, 5) is 12.2. The number of nitrogens with one attached hydrogen (secondary N) is 2. The molecule has 6 heteroatoms. The van der Waals surface area contributed by atoms with Crippen LogP contribution < -0.4 is 5.32 Å². The van der Waals surface area contributed by atoms with Gasteiger partial charge in [0.15, 0.2) is 5.82 Å². The molecule has 0 radical (unpaired) electrons. The van der Waals surface area contributed by atoms with Crippen molar-refractivity contribution in [3.05, 3.63) is 70.6 Å². The van der Waals surface area contributed by atoms with Crippen molar-refractivity contribution in [2.45, 2.75) is 13.3 Å². The monoisotopic (exact) mass is 343 g/mol. The molecule has 1 heterocycles. The Labute approximate surface area is 143 Å². The second-order valence-corrected chi connectivity index (χ2v) is 5.84. The summed E-state index contributed by atoms with van der Waals surface area (Å²) in [5.74, 6) is -0.341. The highest BCUT2D eigenvalue weighted by molar-refractivity contribution is 6.30. The zero-order valence-electron chi connectivity index (χ0n) is 12.9. The summed E-state index contributed by atoms with van der Waals surface area (Å²) in [6.07, 6.45) is -0.0619. The molecule has 1 aromatic heterocycles. The van der Waals surface area contributed by atoms with E-state index in [9.17, 15) is 9.18 Å². The van der Waals surface area contributed by atoms with Gasteiger partial charge in [0.05, 0.1) is 6.42 Å². The van der Waals surface area contributed by atoms with E-state index in [1.807, 2.05) is 19.1 Å². The van der Waals surface area contributed by atoms with Gasteiger partial charge in [0.1, 0.15) is 5.82 Å². The number of carbonyl (C=O) groups is 1. The summed E-state index contributed by atoms with van der Waals surface area (Å²) in [5, 5.41) is 10.3. The minimum Gasteiger partial charge on any atom is -0.308 e. The zero-order valence-corrected chi connectivity index (χ0v) is 13.7. The van der Waals surface area contributed by atoms with Crippen LogP contribution in [0.1, 0.15) is 11.3 Å². The number of hydrogen-bond donors (Lipinski definition) is 2. The molecule has 0 saturated heterocycles. The molecule has 0 bridgehead atoms. The van der Waals surface area contributed by atoms with Gasteiger partial charge in [0, 0.05) is 16.3 Å². The van der Waals surface area contributed by atoms with Crippen LogP contribution in [0.2, 0.25) is 5.02 Å². The highest BCUT2D eigenvalue weighted by atomic mass is 35.5. The van der Waals surface area contributed by atoms with Crippen molar-refractivity contribution in [1.82, 2.24) is 10.2 Å². The van der Waals surface area contributed by atoms with Gasteiger partial charge in [-0.05, 0) is 36.2 Å². The van der Waals surface area contributed by atoms with E-state index in [1.165, 1.54) is 6.07 Å². The first-order chi connectivity index (χ1) is 11.5. The second kappa shape index (κ2) is 6.84. The van der Waals surface area contributed by atoms with Gasteiger partial charge >= 0.3 is 0 Å². The molecule has 0 saturated carbocycles. The van der Waals surface area contributed by atoms with Gasteiger partial charge in [0.25, 0.3) is 0 Å². The number of nitrogens with zero attached hydrogens (tertiary/aromatic N) is 1. The SMILES string of the molecule is Cc1[nH]nc(NC(=O)Cc2ccccc2F)c1-c1cccc(Cl)c1. The smallest absolute Gasteiger partial charge is 0.230 e. The largest absolute Gasteiger partial charge is 0.308 e. The maximum atomic E-state index is 13.7. The third kappa shape index (κ3) is 3.46. The number of carbonyl (C=O) groups excluding carboxylic acids is 1. The van der Waals surface area contributed by atoms with E-state index in [1.54, 1.807) is 30.3 Å². The molecule has 3 rings (SSSR count). The molecule has 0 aliphatic rings. The first-order valence-electron chi connectivity index (χ1n) is 7.39. The minimum absolute atomic E-state index is 0.0619. The predicted molar refractivity (Wildman–Crippen MR) is 92.5 cm³/mol. The van der Waals surface area contributed by atoms with Crippen LogP contribution in [0.5, 0.6) is 0 Å². The van der Waals surface area contributed by atoms with Crippen molar-refractivity contribution in [3.63, 3.8) is 0 Å². The van der Waals surface area contributed by atoms with Gasteiger partial charge in [-0.15, -0.1) is 0 Å². The van der Waals surface area contributed by atoms with E-state index in [4.69, 9.17) is 11.6 Å². The highest BCUT2D eigenvalue weighted by Crippen LogP contribution is 2.31. The van der Waals surface area contributed by atoms with E-state index in [-0.39, 0.29) is 12.3 Å². The lowest BCUT2D eigenvalue weighted by Crippen LogP contribution is -2.16. The predicted octanol–water partition coefficient (Wildman–Crippen LogP) is 4.36. The Morgan fingerprint density at radius 3 is 2.79 bits per heavy atom. The van der Waals surface area contributed by atoms with Crippen molar-refractivity contribution >= 4 is 23.3 Å². The van der Waals surface area contributed by atoms with Gasteiger partial charge < -0.3 is 5.32 Å². The van der Waals surface area contributed by atoms with E-state index in [0.29, 0.717) is 16.4 Å². The Hall–Kier alpha value is -2.66. The molecule has 2 N–H and O–H groups in total. The molecule has 0 atom stereocenters. The first-order valence-corrected chi connectivity index (χ1v) is 7.76. The number of amides is 1. The number of hydrogen-bond acceptors (Lipinski definition) is 2. The van der Waals surface area contributed by atoms with Gasteiger partial charge in [-0.3, -0.25) is 9.89 Å². The van der Waals surface area contributed by atoms with Crippen LogP contribution in [0.15, 0.2) is 48.5 Å². The standard InChI is InChI=1S/C18H15ClFN3O/c1-11-17(13-6-4-7-14(19)9-13)18(23-22-11)21-16(24)10-12-5-2-3-8-15(12)20/h2-9H,10H2,1H3,(H2,21,22,23,24). The van der Waals surface area contributed by atoms with E-state index < -0.39 is 5.82 Å². The second-order valence-electron chi connectivity index (χ2n) is 5.40. The van der Waals surface area contributed by atoms with Gasteiger partial charge in [-0.25, -0.2) is 4.39 Å². The molecule has 2 aromatic carbocycles. The van der Waals surface area contributed by atoms with E-state index in [2.05, 4.69) is 15.5 Å². The molecule has 1 amide bonds. The number of aromatic nitrogens is 2. The summed E-state index contributed by atoms with van der Waals surface area (Å²) in [5.41, 5.74) is 2.75. The molecule has 24 heavy (non-hydrogen) atoms. The minimum atomic E-state index is -0.402. The van der Waals surface area contributed by atoms with Crippen molar-refractivity contribution in [1.29, 1.82) is 0 Å². The molecular formula is C18H15ClFN3O. The van der Waals surface area contributed by atoms with Crippen molar-refractivity contribution < 1.29 is 9.18 Å².